The van der Waals surface area contributed by atoms with Crippen LogP contribution < -0.4 is 20.7 Å². The fourth-order valence-corrected chi connectivity index (χ4v) is 8.37. The lowest BCUT2D eigenvalue weighted by Crippen LogP contribution is -2.51. The van der Waals surface area contributed by atoms with Gasteiger partial charge in [0.2, 0.25) is 15.9 Å². The van der Waals surface area contributed by atoms with Crippen molar-refractivity contribution in [3.8, 4) is 0 Å². The maximum Gasteiger partial charge on any atom is 0.416 e. The molecule has 9 nitrogen and oxygen atoms in total. The van der Waals surface area contributed by atoms with Crippen LogP contribution in [0.15, 0.2) is 149 Å². The highest BCUT2D eigenvalue weighted by molar-refractivity contribution is 7.94. The first kappa shape index (κ1) is 41.1. The van der Waals surface area contributed by atoms with Gasteiger partial charge in [-0.25, -0.2) is 21.6 Å². The van der Waals surface area contributed by atoms with E-state index in [1.807, 2.05) is 36.4 Å². The highest BCUT2D eigenvalue weighted by Gasteiger charge is 2.30. The van der Waals surface area contributed by atoms with Crippen molar-refractivity contribution in [1.29, 1.82) is 0 Å². The van der Waals surface area contributed by atoms with Crippen LogP contribution in [0.2, 0.25) is 0 Å². The number of hydrogen-bond acceptors (Lipinski definition) is 6. The van der Waals surface area contributed by atoms with Crippen molar-refractivity contribution in [2.75, 3.05) is 11.9 Å². The zero-order chi connectivity index (χ0) is 39.5. The van der Waals surface area contributed by atoms with E-state index in [2.05, 4.69) is 20.7 Å². The Labute approximate surface area is 324 Å². The lowest BCUT2D eigenvalue weighted by molar-refractivity contribution is -0.137. The summed E-state index contributed by atoms with van der Waals surface area (Å²) in [7, 11) is -7.71. The predicted molar refractivity (Wildman–Crippen MR) is 212 cm³/mol. The molecule has 0 spiro atoms. The summed E-state index contributed by atoms with van der Waals surface area (Å²) in [6.45, 7) is 0.0975. The first-order chi connectivity index (χ1) is 26.2. The molecule has 0 bridgehead atoms. The van der Waals surface area contributed by atoms with Crippen LogP contribution in [0.3, 0.4) is 0 Å². The number of alkyl halides is 3. The normalized spacial score (nSPS) is 13.3. The molecule has 0 radical (unpaired) electrons. The van der Waals surface area contributed by atoms with Crippen molar-refractivity contribution < 1.29 is 34.8 Å². The molecular formula is C40H39F3N4O5S3. The quantitative estimate of drug-likeness (QED) is 0.0600. The number of nitrogens with one attached hydrogen (secondary N) is 4. The summed E-state index contributed by atoms with van der Waals surface area (Å²) in [6.07, 6.45) is -1.91. The first-order valence-corrected chi connectivity index (χ1v) is 20.7. The summed E-state index contributed by atoms with van der Waals surface area (Å²) in [5, 5.41) is 11.1. The molecule has 0 aromatic heterocycles. The van der Waals surface area contributed by atoms with Gasteiger partial charge in [0, 0.05) is 35.5 Å². The van der Waals surface area contributed by atoms with Crippen LogP contribution in [-0.2, 0) is 37.3 Å². The van der Waals surface area contributed by atoms with E-state index < -0.39 is 49.6 Å². The summed E-state index contributed by atoms with van der Waals surface area (Å²) in [4.78, 5) is 14.2. The van der Waals surface area contributed by atoms with Crippen LogP contribution in [0.4, 0.5) is 18.9 Å². The van der Waals surface area contributed by atoms with Crippen molar-refractivity contribution >= 4 is 59.6 Å². The van der Waals surface area contributed by atoms with Gasteiger partial charge in [0.05, 0.1) is 15.4 Å². The molecule has 55 heavy (non-hydrogen) atoms. The van der Waals surface area contributed by atoms with Crippen molar-refractivity contribution in [1.82, 2.24) is 15.4 Å². The fraction of sp³-hybridized carbons (Fsp3) is 0.200. The smallest absolute Gasteiger partial charge is 0.350 e. The number of benzene rings is 5. The van der Waals surface area contributed by atoms with E-state index in [-0.39, 0.29) is 40.0 Å². The van der Waals surface area contributed by atoms with Crippen molar-refractivity contribution in [3.05, 3.63) is 150 Å². The molecule has 5 rings (SSSR count). The first-order valence-electron chi connectivity index (χ1n) is 17.3. The molecule has 2 atom stereocenters. The maximum absolute atomic E-state index is 13.9. The minimum atomic E-state index is -4.51. The lowest BCUT2D eigenvalue weighted by atomic mass is 10.0. The van der Waals surface area contributed by atoms with Gasteiger partial charge in [-0.3, -0.25) is 4.79 Å². The van der Waals surface area contributed by atoms with E-state index in [1.54, 1.807) is 54.6 Å². The van der Waals surface area contributed by atoms with Crippen LogP contribution in [0, 0.1) is 0 Å². The zero-order valence-electron chi connectivity index (χ0n) is 29.4. The summed E-state index contributed by atoms with van der Waals surface area (Å²) in [5.41, 5.74) is 0.228. The molecule has 0 heterocycles. The number of carbonyl (C=O) groups is 1. The summed E-state index contributed by atoms with van der Waals surface area (Å²) in [6, 6.07) is 31.6. The van der Waals surface area contributed by atoms with Gasteiger partial charge in [-0.05, 0) is 84.9 Å². The monoisotopic (exact) mass is 808 g/mol. The fourth-order valence-electron chi connectivity index (χ4n) is 5.72. The molecule has 0 aliphatic rings. The van der Waals surface area contributed by atoms with Crippen LogP contribution >= 0.6 is 12.2 Å². The number of rotatable bonds is 16. The minimum Gasteiger partial charge on any atom is -0.350 e. The average Bonchev–Trinajstić information content (AvgIpc) is 3.16. The third-order valence-electron chi connectivity index (χ3n) is 8.54. The largest absolute Gasteiger partial charge is 0.416 e. The molecule has 0 saturated heterocycles. The molecule has 5 aromatic carbocycles. The minimum absolute atomic E-state index is 0.0203. The Morgan fingerprint density at radius 1 is 0.745 bits per heavy atom. The van der Waals surface area contributed by atoms with Gasteiger partial charge in [0.15, 0.2) is 14.9 Å². The molecule has 0 fully saturated rings. The van der Waals surface area contributed by atoms with E-state index >= 15 is 0 Å². The number of sulfonamides is 1. The Bertz CT molecular complexity index is 2320. The van der Waals surface area contributed by atoms with Gasteiger partial charge in [-0.1, -0.05) is 91.0 Å². The summed E-state index contributed by atoms with van der Waals surface area (Å²) < 4.78 is 94.5. The van der Waals surface area contributed by atoms with Crippen LogP contribution in [-0.4, -0.2) is 46.5 Å². The van der Waals surface area contributed by atoms with Gasteiger partial charge in [0.1, 0.15) is 6.04 Å². The van der Waals surface area contributed by atoms with E-state index in [4.69, 9.17) is 12.2 Å². The Hall–Kier alpha value is -5.09. The third kappa shape index (κ3) is 11.9. The second kappa shape index (κ2) is 18.5. The summed E-state index contributed by atoms with van der Waals surface area (Å²) in [5.74, 6) is -0.524. The number of amides is 1. The SMILES string of the molecule is O=C(N[C@H](/C=C/S(=O)(=O)c1ccccc1)CCCCNS(=O)(=O)c1cccc2ccccc12)[C@H](Cc1ccccc1)NC(=S)Nc1ccc(C(F)(F)F)cc1. The van der Waals surface area contributed by atoms with Crippen LogP contribution in [0.5, 0.6) is 0 Å². The Morgan fingerprint density at radius 3 is 2.07 bits per heavy atom. The van der Waals surface area contributed by atoms with E-state index in [9.17, 15) is 34.8 Å². The third-order valence-corrected chi connectivity index (χ3v) is 11.7. The van der Waals surface area contributed by atoms with Gasteiger partial charge >= 0.3 is 6.18 Å². The van der Waals surface area contributed by atoms with Gasteiger partial charge in [-0.15, -0.1) is 0 Å². The maximum atomic E-state index is 13.9. The number of carbonyl (C=O) groups excluding carboxylic acids is 1. The molecule has 0 aliphatic carbocycles. The average molecular weight is 809 g/mol. The van der Waals surface area contributed by atoms with Gasteiger partial charge in [0.25, 0.3) is 0 Å². The van der Waals surface area contributed by atoms with Gasteiger partial charge < -0.3 is 16.0 Å². The molecule has 1 amide bonds. The number of halogens is 3. The number of sulfone groups is 1. The number of unbranched alkanes of at least 4 members (excludes halogenated alkanes) is 1. The molecular weight excluding hydrogens is 770 g/mol. The van der Waals surface area contributed by atoms with Crippen molar-refractivity contribution in [2.45, 2.75) is 53.7 Å². The summed E-state index contributed by atoms with van der Waals surface area (Å²) >= 11 is 5.44. The van der Waals surface area contributed by atoms with E-state index in [0.717, 1.165) is 28.5 Å². The predicted octanol–water partition coefficient (Wildman–Crippen LogP) is 7.38. The molecule has 4 N–H and O–H groups in total. The molecule has 288 valence electrons. The van der Waals surface area contributed by atoms with Crippen molar-refractivity contribution in [3.63, 3.8) is 0 Å². The Balaban J connectivity index is 1.29. The van der Waals surface area contributed by atoms with Crippen LogP contribution in [0.25, 0.3) is 10.8 Å². The molecule has 5 aromatic rings. The molecule has 15 heteroatoms. The molecule has 0 aliphatic heterocycles. The van der Waals surface area contributed by atoms with E-state index in [0.29, 0.717) is 18.2 Å². The second-order valence-electron chi connectivity index (χ2n) is 12.6. The highest BCUT2D eigenvalue weighted by Crippen LogP contribution is 2.30. The standard InChI is InChI=1S/C40H39F3N4O5S3/c41-40(42,43)31-21-23-33(24-22-31)46-39(53)47-36(28-29-12-3-1-4-13-29)38(48)45-32(25-27-54(49,50)34-17-5-2-6-18-34)16-9-10-26-44-55(51,52)37-20-11-15-30-14-7-8-19-35(30)37/h1-8,11-15,17-25,27,32,36,44H,9-10,16,26,28H2,(H,45,48)(H2,46,47,53)/b27-25+/t32-,36-/m0/s1. The second-order valence-corrected chi connectivity index (χ2v) is 16.6. The lowest BCUT2D eigenvalue weighted by Gasteiger charge is -2.24. The molecule has 0 saturated carbocycles. The number of anilines is 1. The van der Waals surface area contributed by atoms with Crippen molar-refractivity contribution in [2.24, 2.45) is 0 Å². The Morgan fingerprint density at radius 2 is 1.38 bits per heavy atom. The topological polar surface area (TPSA) is 133 Å². The zero-order valence-corrected chi connectivity index (χ0v) is 31.8. The molecule has 0 unspecified atom stereocenters. The highest BCUT2D eigenvalue weighted by atomic mass is 32.2. The van der Waals surface area contributed by atoms with E-state index in [1.165, 1.54) is 30.3 Å². The number of thiocarbonyl (C=S) groups is 1. The van der Waals surface area contributed by atoms with Crippen LogP contribution in [0.1, 0.15) is 30.4 Å². The Kier molecular flexibility index (Phi) is 13.8. The number of hydrogen-bond donors (Lipinski definition) is 4. The number of fused-ring (bicyclic) bond motifs is 1. The van der Waals surface area contributed by atoms with Gasteiger partial charge in [-0.2, -0.15) is 13.2 Å².